The average Bonchev–Trinajstić information content (AvgIpc) is 1.14. The molecule has 0 radical (unpaired) electrons. The van der Waals surface area contributed by atoms with Crippen LogP contribution in [0.5, 0.6) is 0 Å². The van der Waals surface area contributed by atoms with Gasteiger partial charge in [-0.2, -0.15) is 17.5 Å². The highest BCUT2D eigenvalue weighted by molar-refractivity contribution is 7.00. The van der Waals surface area contributed by atoms with Gasteiger partial charge in [-0.15, -0.1) is 0 Å². The van der Waals surface area contributed by atoms with E-state index in [1.54, 1.807) is 0 Å². The van der Waals surface area contributed by atoms with Crippen molar-refractivity contribution in [1.82, 2.24) is 56.5 Å². The standard InChI is InChI=1S/2C53H32N6S/c1-3-13-33(14-4-1)51-43-27-28-44-52(58-60-57-44)50(43)42-26-25-36(31-47(42)54-51)35-17-11-18-37(29-35)45-32-46(56-53(55-45)34-15-5-2-6-16-34)38-19-12-20-39(30-38)59-48-23-9-7-21-40(48)41-22-8-10-24-49(41)59;1-3-12-34(13-4-1)51-43-28-29-44-52(58-60-57-44)50(43)42-27-24-37(31-47(42)54-51)36-16-11-17-38(30-36)46-32-45(55-53(56-46)35-14-5-2-6-15-35)33-22-25-39(26-23-33)59-48-20-9-7-18-40(48)41-19-8-10-21-49(41)59/h2*1-32H. The van der Waals surface area contributed by atoms with E-state index in [9.17, 15) is 0 Å². The summed E-state index contributed by atoms with van der Waals surface area (Å²) in [6.45, 7) is 0. The Morgan fingerprint density at radius 2 is 0.508 bits per heavy atom. The van der Waals surface area contributed by atoms with E-state index < -0.39 is 0 Å². The molecule has 16 aromatic carbocycles. The van der Waals surface area contributed by atoms with Gasteiger partial charge in [0.05, 0.1) is 90.7 Å². The van der Waals surface area contributed by atoms with Crippen LogP contribution >= 0.6 is 23.5 Å². The molecule has 8 heterocycles. The van der Waals surface area contributed by atoms with Crippen molar-refractivity contribution >= 4 is 132 Å². The molecule has 0 fully saturated rings. The highest BCUT2D eigenvalue weighted by atomic mass is 32.1. The van der Waals surface area contributed by atoms with Gasteiger partial charge < -0.3 is 9.13 Å². The molecule has 0 spiro atoms. The molecule has 0 bridgehead atoms. The third-order valence-electron chi connectivity index (χ3n) is 22.9. The highest BCUT2D eigenvalue weighted by Gasteiger charge is 2.23. The zero-order valence-electron chi connectivity index (χ0n) is 64.1. The van der Waals surface area contributed by atoms with E-state index >= 15 is 0 Å². The Bertz CT molecular complexity index is 8060. The SMILES string of the molecule is c1ccc(-c2nc(-c3ccc(-n4c5ccccc5c5ccccc54)cc3)cc(-c3cccc(-c4ccc5c(c4)nc(-c4ccccc4)c4ccc6nsnc6c45)c3)n2)cc1.c1ccc(-c2nc(-c3cccc(-c4ccc5c(c4)nc(-c4ccccc4)c4ccc6nsnc6c45)c3)cc(-c3cccc(-n4c5ccccc5c5ccccc54)c3)n2)cc1. The second-order valence-corrected chi connectivity index (χ2v) is 31.1. The maximum absolute atomic E-state index is 5.31. The van der Waals surface area contributed by atoms with Gasteiger partial charge in [0.25, 0.3) is 0 Å². The van der Waals surface area contributed by atoms with Crippen molar-refractivity contribution in [1.29, 1.82) is 0 Å². The molecule has 0 saturated carbocycles. The summed E-state index contributed by atoms with van der Waals surface area (Å²) < 4.78 is 23.3. The minimum Gasteiger partial charge on any atom is -0.309 e. The lowest BCUT2D eigenvalue weighted by atomic mass is 9.96. The van der Waals surface area contributed by atoms with Gasteiger partial charge >= 0.3 is 0 Å². The fourth-order valence-electron chi connectivity index (χ4n) is 17.3. The first-order chi connectivity index (χ1) is 59.5. The molecule has 0 aliphatic rings. The van der Waals surface area contributed by atoms with Crippen molar-refractivity contribution in [3.8, 4) is 124 Å². The van der Waals surface area contributed by atoms with Crippen LogP contribution in [0.15, 0.2) is 388 Å². The Morgan fingerprint density at radius 1 is 0.183 bits per heavy atom. The van der Waals surface area contributed by atoms with E-state index in [1.807, 2.05) is 60.7 Å². The Labute approximate surface area is 696 Å². The smallest absolute Gasteiger partial charge is 0.160 e. The van der Waals surface area contributed by atoms with Crippen LogP contribution in [-0.4, -0.2) is 56.5 Å². The Kier molecular flexibility index (Phi) is 17.0. The van der Waals surface area contributed by atoms with Crippen molar-refractivity contribution in [2.24, 2.45) is 0 Å². The predicted octanol–water partition coefficient (Wildman–Crippen LogP) is 27.2. The predicted molar refractivity (Wildman–Crippen MR) is 495 cm³/mol. The lowest BCUT2D eigenvalue weighted by molar-refractivity contribution is 1.16. The van der Waals surface area contributed by atoms with Gasteiger partial charge in [-0.1, -0.05) is 279 Å². The van der Waals surface area contributed by atoms with E-state index in [4.69, 9.17) is 38.7 Å². The van der Waals surface area contributed by atoms with Gasteiger partial charge in [0.2, 0.25) is 0 Å². The van der Waals surface area contributed by atoms with Crippen molar-refractivity contribution < 1.29 is 0 Å². The first-order valence-corrected chi connectivity index (χ1v) is 41.3. The summed E-state index contributed by atoms with van der Waals surface area (Å²) in [6, 6.07) is 136. The van der Waals surface area contributed by atoms with E-state index in [1.165, 1.54) is 67.1 Å². The number of nitrogens with zero attached hydrogens (tertiary/aromatic N) is 12. The number of hydrogen-bond acceptors (Lipinski definition) is 12. The van der Waals surface area contributed by atoms with Crippen LogP contribution in [-0.2, 0) is 0 Å². The fraction of sp³-hybridized carbons (Fsp3) is 0. The minimum absolute atomic E-state index is 0.675. The summed E-state index contributed by atoms with van der Waals surface area (Å²) >= 11 is 2.49. The summed E-state index contributed by atoms with van der Waals surface area (Å²) in [5.74, 6) is 1.35. The molecule has 24 rings (SSSR count). The minimum atomic E-state index is 0.675. The number of para-hydroxylation sites is 4. The molecule has 0 aliphatic heterocycles. The van der Waals surface area contributed by atoms with Crippen LogP contribution in [0.1, 0.15) is 0 Å². The molecule has 0 N–H and O–H groups in total. The highest BCUT2D eigenvalue weighted by Crippen LogP contribution is 2.44. The Hall–Kier alpha value is -15.7. The number of fused-ring (bicyclic) bond motifs is 16. The molecule has 0 saturated heterocycles. The molecule has 0 atom stereocenters. The van der Waals surface area contributed by atoms with Crippen LogP contribution < -0.4 is 0 Å². The van der Waals surface area contributed by atoms with Crippen molar-refractivity contribution in [2.75, 3.05) is 0 Å². The second-order valence-electron chi connectivity index (χ2n) is 30.0. The molecular weight excluding hydrogens is 1510 g/mol. The zero-order valence-corrected chi connectivity index (χ0v) is 65.8. The number of hydrogen-bond donors (Lipinski definition) is 0. The maximum Gasteiger partial charge on any atom is 0.160 e. The van der Waals surface area contributed by atoms with E-state index in [2.05, 4.69) is 345 Å². The molecule has 0 aliphatic carbocycles. The third-order valence-corrected chi connectivity index (χ3v) is 24.0. The summed E-state index contributed by atoms with van der Waals surface area (Å²) in [5.41, 5.74) is 29.9. The Balaban J connectivity index is 0.000000140. The number of benzene rings is 16. The summed E-state index contributed by atoms with van der Waals surface area (Å²) in [7, 11) is 0. The lowest BCUT2D eigenvalue weighted by Gasteiger charge is -2.13. The maximum atomic E-state index is 5.31. The van der Waals surface area contributed by atoms with E-state index in [-0.39, 0.29) is 0 Å². The topological polar surface area (TPSA) is 139 Å². The molecular formula is C106H64N12S2. The molecule has 560 valence electrons. The van der Waals surface area contributed by atoms with Gasteiger partial charge in [-0.25, -0.2) is 29.9 Å². The summed E-state index contributed by atoms with van der Waals surface area (Å²) in [5, 5.41) is 11.4. The molecule has 14 heteroatoms. The molecule has 8 aromatic heterocycles. The van der Waals surface area contributed by atoms with Gasteiger partial charge in [0, 0.05) is 110 Å². The summed E-state index contributed by atoms with van der Waals surface area (Å²) in [6.07, 6.45) is 0. The van der Waals surface area contributed by atoms with Crippen LogP contribution in [0.2, 0.25) is 0 Å². The van der Waals surface area contributed by atoms with Crippen molar-refractivity contribution in [3.05, 3.63) is 388 Å². The zero-order chi connectivity index (χ0) is 79.1. The number of rotatable bonds is 12. The second kappa shape index (κ2) is 29.2. The van der Waals surface area contributed by atoms with Gasteiger partial charge in [-0.05, 0) is 131 Å². The first kappa shape index (κ1) is 69.7. The monoisotopic (exact) mass is 1570 g/mol. The van der Waals surface area contributed by atoms with Crippen LogP contribution in [0, 0.1) is 0 Å². The van der Waals surface area contributed by atoms with E-state index in [0.29, 0.717) is 11.6 Å². The molecule has 12 nitrogen and oxygen atoms in total. The quantitative estimate of drug-likeness (QED) is 0.109. The van der Waals surface area contributed by atoms with Crippen molar-refractivity contribution in [3.63, 3.8) is 0 Å². The molecule has 120 heavy (non-hydrogen) atoms. The van der Waals surface area contributed by atoms with Crippen LogP contribution in [0.4, 0.5) is 0 Å². The van der Waals surface area contributed by atoms with Crippen molar-refractivity contribution in [2.45, 2.75) is 0 Å². The largest absolute Gasteiger partial charge is 0.309 e. The third kappa shape index (κ3) is 12.3. The fourth-order valence-corrected chi connectivity index (χ4v) is 18.4. The first-order valence-electron chi connectivity index (χ1n) is 39.8. The Morgan fingerprint density at radius 3 is 0.933 bits per heavy atom. The molecule has 24 aromatic rings. The average molecular weight is 1570 g/mol. The molecule has 0 unspecified atom stereocenters. The van der Waals surface area contributed by atoms with Gasteiger partial charge in [-0.3, -0.25) is 0 Å². The van der Waals surface area contributed by atoms with Gasteiger partial charge in [0.15, 0.2) is 11.6 Å². The molecule has 0 amide bonds. The van der Waals surface area contributed by atoms with Crippen LogP contribution in [0.25, 0.3) is 233 Å². The normalized spacial score (nSPS) is 11.7. The summed E-state index contributed by atoms with van der Waals surface area (Å²) in [4.78, 5) is 31.3. The lowest BCUT2D eigenvalue weighted by Crippen LogP contribution is -1.98. The van der Waals surface area contributed by atoms with Gasteiger partial charge in [0.1, 0.15) is 22.1 Å². The van der Waals surface area contributed by atoms with Crippen LogP contribution in [0.3, 0.4) is 0 Å². The number of aromatic nitrogens is 12. The number of pyridine rings is 2. The van der Waals surface area contributed by atoms with E-state index in [0.717, 1.165) is 178 Å².